The van der Waals surface area contributed by atoms with E-state index in [4.69, 9.17) is 5.11 Å². The quantitative estimate of drug-likeness (QED) is 0.111. The summed E-state index contributed by atoms with van der Waals surface area (Å²) in [6, 6.07) is 14.8. The molecule has 0 aliphatic rings. The fourth-order valence-corrected chi connectivity index (χ4v) is 4.35. The van der Waals surface area contributed by atoms with Crippen LogP contribution < -0.4 is 0 Å². The maximum absolute atomic E-state index is 11.0. The van der Waals surface area contributed by atoms with Crippen LogP contribution in [0, 0.1) is 10.1 Å². The Bertz CT molecular complexity index is 972. The first-order valence-electron chi connectivity index (χ1n) is 13.4. The minimum Gasteiger partial charge on any atom is -0.481 e. The summed E-state index contributed by atoms with van der Waals surface area (Å²) in [6.45, 7) is 10.9. The van der Waals surface area contributed by atoms with E-state index in [0.29, 0.717) is 18.5 Å². The molecular formula is C29H42N4O4. The van der Waals surface area contributed by atoms with Crippen LogP contribution in [0.3, 0.4) is 0 Å². The number of rotatable bonds is 19. The third-order valence-electron chi connectivity index (χ3n) is 6.17. The van der Waals surface area contributed by atoms with E-state index in [-0.39, 0.29) is 12.1 Å². The molecule has 0 radical (unpaired) electrons. The van der Waals surface area contributed by atoms with Gasteiger partial charge in [0.25, 0.3) is 5.69 Å². The lowest BCUT2D eigenvalue weighted by molar-refractivity contribution is -0.384. The van der Waals surface area contributed by atoms with Crippen LogP contribution in [0.1, 0.15) is 69.1 Å². The molecule has 0 saturated carbocycles. The van der Waals surface area contributed by atoms with Crippen LogP contribution in [0.4, 0.5) is 5.69 Å². The van der Waals surface area contributed by atoms with E-state index < -0.39 is 10.9 Å². The van der Waals surface area contributed by atoms with Crippen LogP contribution in [-0.2, 0) is 17.9 Å². The molecule has 0 aliphatic heterocycles. The molecule has 1 N–H and O–H groups in total. The summed E-state index contributed by atoms with van der Waals surface area (Å²) in [7, 11) is 0. The molecular weight excluding hydrogens is 468 g/mol. The number of nitrogens with zero attached hydrogens (tertiary/aromatic N) is 4. The van der Waals surface area contributed by atoms with Crippen molar-refractivity contribution in [3.63, 3.8) is 0 Å². The average molecular weight is 511 g/mol. The summed E-state index contributed by atoms with van der Waals surface area (Å²) in [5.74, 6) is -0.746. The van der Waals surface area contributed by atoms with Crippen molar-refractivity contribution in [3.8, 4) is 0 Å². The number of unbranched alkanes of at least 4 members (excludes halogenated alkanes) is 1. The monoisotopic (exact) mass is 510 g/mol. The number of hydrogen-bond acceptors (Lipinski definition) is 6. The van der Waals surface area contributed by atoms with Gasteiger partial charge in [-0.3, -0.25) is 24.8 Å². The van der Waals surface area contributed by atoms with Crippen molar-refractivity contribution in [1.82, 2.24) is 9.80 Å². The van der Waals surface area contributed by atoms with E-state index in [2.05, 4.69) is 52.9 Å². The van der Waals surface area contributed by atoms with E-state index in [1.165, 1.54) is 30.5 Å². The molecule has 0 saturated heterocycles. The minimum atomic E-state index is -0.746. The molecule has 8 nitrogen and oxygen atoms in total. The van der Waals surface area contributed by atoms with E-state index in [1.807, 2.05) is 0 Å². The predicted octanol–water partition coefficient (Wildman–Crippen LogP) is 5.78. The van der Waals surface area contributed by atoms with Gasteiger partial charge in [-0.2, -0.15) is 0 Å². The topological polar surface area (TPSA) is 99.3 Å². The van der Waals surface area contributed by atoms with Gasteiger partial charge in [0.05, 0.1) is 11.5 Å². The average Bonchev–Trinajstić information content (AvgIpc) is 2.87. The first-order valence-corrected chi connectivity index (χ1v) is 13.4. The normalized spacial score (nSPS) is 11.6. The zero-order valence-corrected chi connectivity index (χ0v) is 22.3. The molecule has 2 aromatic rings. The van der Waals surface area contributed by atoms with E-state index in [1.54, 1.807) is 18.3 Å². The standard InChI is InChI=1S/C29H42N4O4/c1-3-16-31(17-4-2)18-5-6-19-32(20-8-11-29(34)35)24-26-14-12-25(13-15-26)22-30-23-27-9-7-10-28(21-27)33(36)37/h7,9-10,12-15,21,23H,3-6,8,11,16-20,22,24H2,1-2H3,(H,34,35). The zero-order valence-electron chi connectivity index (χ0n) is 22.3. The number of carboxylic acid groups (broad SMARTS) is 1. The van der Waals surface area contributed by atoms with Crippen molar-refractivity contribution in [1.29, 1.82) is 0 Å². The lowest BCUT2D eigenvalue weighted by atomic mass is 10.1. The van der Waals surface area contributed by atoms with Crippen molar-refractivity contribution in [2.24, 2.45) is 4.99 Å². The molecule has 0 fully saturated rings. The second-order valence-electron chi connectivity index (χ2n) is 9.46. The van der Waals surface area contributed by atoms with E-state index >= 15 is 0 Å². The van der Waals surface area contributed by atoms with Gasteiger partial charge in [0.1, 0.15) is 0 Å². The first kappa shape index (κ1) is 30.1. The van der Waals surface area contributed by atoms with E-state index in [0.717, 1.165) is 57.7 Å². The van der Waals surface area contributed by atoms with Crippen LogP contribution >= 0.6 is 0 Å². The van der Waals surface area contributed by atoms with Gasteiger partial charge in [0.15, 0.2) is 0 Å². The Kier molecular flexibility index (Phi) is 14.1. The Morgan fingerprint density at radius 3 is 2.16 bits per heavy atom. The van der Waals surface area contributed by atoms with Crippen LogP contribution in [0.25, 0.3) is 0 Å². The van der Waals surface area contributed by atoms with Gasteiger partial charge in [0.2, 0.25) is 0 Å². The largest absolute Gasteiger partial charge is 0.481 e. The molecule has 0 bridgehead atoms. The minimum absolute atomic E-state index is 0.0560. The number of carbonyl (C=O) groups is 1. The van der Waals surface area contributed by atoms with Crippen LogP contribution in [-0.4, -0.2) is 64.7 Å². The zero-order chi connectivity index (χ0) is 26.9. The molecule has 202 valence electrons. The molecule has 0 aliphatic carbocycles. The Balaban J connectivity index is 1.88. The SMILES string of the molecule is CCCN(CCC)CCCCN(CCCC(=O)O)Cc1ccc(CN=Cc2cccc([N+](=O)[O-])c2)cc1. The van der Waals surface area contributed by atoms with Gasteiger partial charge < -0.3 is 10.0 Å². The smallest absolute Gasteiger partial charge is 0.303 e. The highest BCUT2D eigenvalue weighted by Gasteiger charge is 2.09. The lowest BCUT2D eigenvalue weighted by Gasteiger charge is -2.24. The number of aliphatic imine (C=N–C) groups is 1. The van der Waals surface area contributed by atoms with Gasteiger partial charge >= 0.3 is 5.97 Å². The van der Waals surface area contributed by atoms with Crippen LogP contribution in [0.2, 0.25) is 0 Å². The molecule has 0 aromatic heterocycles. The summed E-state index contributed by atoms with van der Waals surface area (Å²) < 4.78 is 0. The Morgan fingerprint density at radius 1 is 0.919 bits per heavy atom. The van der Waals surface area contributed by atoms with Gasteiger partial charge in [-0.1, -0.05) is 50.2 Å². The van der Waals surface area contributed by atoms with Gasteiger partial charge in [-0.25, -0.2) is 0 Å². The molecule has 2 aromatic carbocycles. The van der Waals surface area contributed by atoms with Crippen molar-refractivity contribution in [2.75, 3.05) is 32.7 Å². The lowest BCUT2D eigenvalue weighted by Crippen LogP contribution is -2.29. The second kappa shape index (κ2) is 17.4. The number of non-ortho nitro benzene ring substituents is 1. The fraction of sp³-hybridized carbons (Fsp3) is 0.517. The van der Waals surface area contributed by atoms with E-state index in [9.17, 15) is 14.9 Å². The Labute approximate surface area is 221 Å². The highest BCUT2D eigenvalue weighted by Crippen LogP contribution is 2.13. The third-order valence-corrected chi connectivity index (χ3v) is 6.17. The number of nitro groups is 1. The van der Waals surface area contributed by atoms with Crippen LogP contribution in [0.15, 0.2) is 53.5 Å². The Hall–Kier alpha value is -3.10. The van der Waals surface area contributed by atoms with Crippen molar-refractivity contribution < 1.29 is 14.8 Å². The molecule has 0 heterocycles. The number of nitro benzene ring substituents is 1. The molecule has 0 atom stereocenters. The number of carboxylic acids is 1. The maximum atomic E-state index is 11.0. The van der Waals surface area contributed by atoms with Gasteiger partial charge in [-0.15, -0.1) is 0 Å². The second-order valence-corrected chi connectivity index (χ2v) is 9.46. The van der Waals surface area contributed by atoms with Gasteiger partial charge in [0, 0.05) is 31.3 Å². The predicted molar refractivity (Wildman–Crippen MR) is 149 cm³/mol. The van der Waals surface area contributed by atoms with Crippen molar-refractivity contribution in [2.45, 2.75) is 65.5 Å². The Morgan fingerprint density at radius 2 is 1.54 bits per heavy atom. The number of aliphatic carboxylic acids is 1. The molecule has 2 rings (SSSR count). The summed E-state index contributed by atoms with van der Waals surface area (Å²) in [5.41, 5.74) is 3.02. The molecule has 0 spiro atoms. The third kappa shape index (κ3) is 12.6. The van der Waals surface area contributed by atoms with Crippen molar-refractivity contribution >= 4 is 17.9 Å². The molecule has 8 heteroatoms. The molecule has 37 heavy (non-hydrogen) atoms. The number of hydrogen-bond donors (Lipinski definition) is 1. The summed E-state index contributed by atoms with van der Waals surface area (Å²) >= 11 is 0. The molecule has 0 unspecified atom stereocenters. The fourth-order valence-electron chi connectivity index (χ4n) is 4.35. The van der Waals surface area contributed by atoms with Crippen molar-refractivity contribution in [3.05, 3.63) is 75.3 Å². The summed E-state index contributed by atoms with van der Waals surface area (Å²) in [6.07, 6.45) is 7.11. The highest BCUT2D eigenvalue weighted by atomic mass is 16.6. The summed E-state index contributed by atoms with van der Waals surface area (Å²) in [4.78, 5) is 30.8. The first-order chi connectivity index (χ1) is 17.9. The maximum Gasteiger partial charge on any atom is 0.303 e. The molecule has 0 amide bonds. The number of benzene rings is 2. The summed E-state index contributed by atoms with van der Waals surface area (Å²) in [5, 5.41) is 20.0. The van der Waals surface area contributed by atoms with Gasteiger partial charge in [-0.05, 0) is 81.5 Å². The highest BCUT2D eigenvalue weighted by molar-refractivity contribution is 5.80. The van der Waals surface area contributed by atoms with Crippen LogP contribution in [0.5, 0.6) is 0 Å².